The standard InChI is InChI=1S/C7H12INO/c8-7-1-2-10-4-6(7)3-9-5-7/h6,9H,1-5H2/t6-,7-/m1/s1. The SMILES string of the molecule is I[C@@]12CCOC[C@H]1CNC2. The zero-order valence-electron chi connectivity index (χ0n) is 5.90. The predicted molar refractivity (Wildman–Crippen MR) is 48.5 cm³/mol. The van der Waals surface area contributed by atoms with Crippen LogP contribution in [0.5, 0.6) is 0 Å². The Balaban J connectivity index is 2.10. The molecule has 2 aliphatic heterocycles. The minimum Gasteiger partial charge on any atom is -0.381 e. The molecule has 0 saturated carbocycles. The van der Waals surface area contributed by atoms with Crippen molar-refractivity contribution in [1.29, 1.82) is 0 Å². The van der Waals surface area contributed by atoms with Crippen LogP contribution in [0.2, 0.25) is 0 Å². The average molecular weight is 253 g/mol. The number of halogens is 1. The van der Waals surface area contributed by atoms with E-state index in [0.29, 0.717) is 3.42 Å². The summed E-state index contributed by atoms with van der Waals surface area (Å²) in [5.41, 5.74) is 0. The van der Waals surface area contributed by atoms with Crippen LogP contribution >= 0.6 is 22.6 Å². The molecule has 0 amide bonds. The minimum absolute atomic E-state index is 0.524. The summed E-state index contributed by atoms with van der Waals surface area (Å²) in [7, 11) is 0. The van der Waals surface area contributed by atoms with Crippen LogP contribution in [0, 0.1) is 5.92 Å². The summed E-state index contributed by atoms with van der Waals surface area (Å²) in [6.07, 6.45) is 1.23. The number of fused-ring (bicyclic) bond motifs is 1. The van der Waals surface area contributed by atoms with Gasteiger partial charge in [0.25, 0.3) is 0 Å². The zero-order chi connectivity index (χ0) is 7.03. The first-order valence-electron chi connectivity index (χ1n) is 3.79. The van der Waals surface area contributed by atoms with Crippen LogP contribution < -0.4 is 5.32 Å². The van der Waals surface area contributed by atoms with Gasteiger partial charge in [0.1, 0.15) is 0 Å². The summed E-state index contributed by atoms with van der Waals surface area (Å²) in [4.78, 5) is 0. The van der Waals surface area contributed by atoms with Crippen molar-refractivity contribution in [1.82, 2.24) is 5.32 Å². The van der Waals surface area contributed by atoms with Gasteiger partial charge in [-0.1, -0.05) is 22.6 Å². The largest absolute Gasteiger partial charge is 0.381 e. The van der Waals surface area contributed by atoms with Crippen molar-refractivity contribution in [2.75, 3.05) is 26.3 Å². The van der Waals surface area contributed by atoms with E-state index < -0.39 is 0 Å². The molecular formula is C7H12INO. The summed E-state index contributed by atoms with van der Waals surface area (Å²) in [5, 5.41) is 3.42. The molecule has 0 spiro atoms. The van der Waals surface area contributed by atoms with E-state index in [9.17, 15) is 0 Å². The van der Waals surface area contributed by atoms with Gasteiger partial charge in [-0.3, -0.25) is 0 Å². The van der Waals surface area contributed by atoms with Gasteiger partial charge in [0, 0.05) is 29.0 Å². The monoisotopic (exact) mass is 253 g/mol. The molecule has 2 fully saturated rings. The third kappa shape index (κ3) is 1.08. The Labute approximate surface area is 74.8 Å². The van der Waals surface area contributed by atoms with E-state index in [-0.39, 0.29) is 0 Å². The van der Waals surface area contributed by atoms with E-state index in [1.165, 1.54) is 13.0 Å². The van der Waals surface area contributed by atoms with Crippen LogP contribution in [-0.4, -0.2) is 29.7 Å². The first-order valence-corrected chi connectivity index (χ1v) is 4.86. The molecule has 58 valence electrons. The van der Waals surface area contributed by atoms with E-state index in [0.717, 1.165) is 25.7 Å². The van der Waals surface area contributed by atoms with Crippen LogP contribution in [-0.2, 0) is 4.74 Å². The third-order valence-electron chi connectivity index (χ3n) is 2.52. The maximum Gasteiger partial charge on any atom is 0.0519 e. The Kier molecular flexibility index (Phi) is 1.90. The molecule has 1 N–H and O–H groups in total. The minimum atomic E-state index is 0.524. The number of rotatable bonds is 0. The lowest BCUT2D eigenvalue weighted by Gasteiger charge is -2.32. The average Bonchev–Trinajstić information content (AvgIpc) is 2.29. The van der Waals surface area contributed by atoms with Gasteiger partial charge in [-0.2, -0.15) is 0 Å². The number of ether oxygens (including phenoxy) is 1. The van der Waals surface area contributed by atoms with Crippen molar-refractivity contribution < 1.29 is 4.74 Å². The molecule has 2 atom stereocenters. The molecule has 2 nitrogen and oxygen atoms in total. The van der Waals surface area contributed by atoms with Gasteiger partial charge >= 0.3 is 0 Å². The first kappa shape index (κ1) is 7.31. The van der Waals surface area contributed by atoms with Crippen LogP contribution in [0.1, 0.15) is 6.42 Å². The summed E-state index contributed by atoms with van der Waals surface area (Å²) in [6, 6.07) is 0. The molecule has 2 saturated heterocycles. The normalized spacial score (nSPS) is 47.1. The van der Waals surface area contributed by atoms with Gasteiger partial charge < -0.3 is 10.1 Å². The van der Waals surface area contributed by atoms with E-state index in [2.05, 4.69) is 27.9 Å². The molecule has 2 rings (SSSR count). The highest BCUT2D eigenvalue weighted by Gasteiger charge is 2.42. The smallest absolute Gasteiger partial charge is 0.0519 e. The summed E-state index contributed by atoms with van der Waals surface area (Å²) in [6.45, 7) is 4.27. The second-order valence-electron chi connectivity index (χ2n) is 3.19. The molecule has 3 heteroatoms. The highest BCUT2D eigenvalue weighted by atomic mass is 127. The highest BCUT2D eigenvalue weighted by Crippen LogP contribution is 2.37. The molecule has 2 aliphatic rings. The molecule has 0 radical (unpaired) electrons. The van der Waals surface area contributed by atoms with Crippen LogP contribution in [0.15, 0.2) is 0 Å². The fourth-order valence-electron chi connectivity index (χ4n) is 1.75. The van der Waals surface area contributed by atoms with E-state index >= 15 is 0 Å². The highest BCUT2D eigenvalue weighted by molar-refractivity contribution is 14.1. The molecule has 2 heterocycles. The predicted octanol–water partition coefficient (Wildman–Crippen LogP) is 0.800. The van der Waals surface area contributed by atoms with Crippen LogP contribution in [0.4, 0.5) is 0 Å². The molecule has 0 aromatic carbocycles. The lowest BCUT2D eigenvalue weighted by molar-refractivity contribution is 0.0530. The van der Waals surface area contributed by atoms with Gasteiger partial charge in [-0.15, -0.1) is 0 Å². The van der Waals surface area contributed by atoms with Crippen molar-refractivity contribution in [3.05, 3.63) is 0 Å². The Morgan fingerprint density at radius 3 is 3.30 bits per heavy atom. The number of hydrogen-bond donors (Lipinski definition) is 1. The summed E-state index contributed by atoms with van der Waals surface area (Å²) in [5.74, 6) is 0.766. The fourth-order valence-corrected chi connectivity index (χ4v) is 2.64. The number of nitrogens with one attached hydrogen (secondary N) is 1. The lowest BCUT2D eigenvalue weighted by atomic mass is 9.92. The lowest BCUT2D eigenvalue weighted by Crippen LogP contribution is -2.39. The number of hydrogen-bond acceptors (Lipinski definition) is 2. The summed E-state index contributed by atoms with van der Waals surface area (Å²) >= 11 is 2.60. The second kappa shape index (κ2) is 2.60. The maximum atomic E-state index is 5.40. The molecule has 0 bridgehead atoms. The molecule has 0 aliphatic carbocycles. The van der Waals surface area contributed by atoms with Crippen molar-refractivity contribution in [2.45, 2.75) is 9.84 Å². The van der Waals surface area contributed by atoms with Gasteiger partial charge in [-0.25, -0.2) is 0 Å². The van der Waals surface area contributed by atoms with Crippen LogP contribution in [0.3, 0.4) is 0 Å². The van der Waals surface area contributed by atoms with E-state index in [1.807, 2.05) is 0 Å². The Morgan fingerprint density at radius 1 is 1.60 bits per heavy atom. The van der Waals surface area contributed by atoms with Crippen LogP contribution in [0.25, 0.3) is 0 Å². The summed E-state index contributed by atoms with van der Waals surface area (Å²) < 4.78 is 5.93. The van der Waals surface area contributed by atoms with Crippen molar-refractivity contribution in [3.8, 4) is 0 Å². The quantitative estimate of drug-likeness (QED) is 0.509. The molecule has 0 unspecified atom stereocenters. The molecule has 0 aromatic heterocycles. The molecule has 10 heavy (non-hydrogen) atoms. The van der Waals surface area contributed by atoms with Crippen molar-refractivity contribution in [3.63, 3.8) is 0 Å². The Hall–Kier alpha value is 0.650. The van der Waals surface area contributed by atoms with Crippen molar-refractivity contribution in [2.24, 2.45) is 5.92 Å². The third-order valence-corrected chi connectivity index (χ3v) is 4.32. The fraction of sp³-hybridized carbons (Fsp3) is 1.00. The Bertz CT molecular complexity index is 142. The number of alkyl halides is 1. The van der Waals surface area contributed by atoms with Gasteiger partial charge in [0.15, 0.2) is 0 Å². The van der Waals surface area contributed by atoms with E-state index in [1.54, 1.807) is 0 Å². The van der Waals surface area contributed by atoms with E-state index in [4.69, 9.17) is 4.74 Å². The Morgan fingerprint density at radius 2 is 2.50 bits per heavy atom. The molecule has 0 aromatic rings. The van der Waals surface area contributed by atoms with Gasteiger partial charge in [-0.05, 0) is 6.42 Å². The molecular weight excluding hydrogens is 241 g/mol. The second-order valence-corrected chi connectivity index (χ2v) is 5.34. The topological polar surface area (TPSA) is 21.3 Å². The van der Waals surface area contributed by atoms with Crippen molar-refractivity contribution >= 4 is 22.6 Å². The van der Waals surface area contributed by atoms with Gasteiger partial charge in [0.2, 0.25) is 0 Å². The van der Waals surface area contributed by atoms with Gasteiger partial charge in [0.05, 0.1) is 6.61 Å². The maximum absolute atomic E-state index is 5.40. The first-order chi connectivity index (χ1) is 4.81. The zero-order valence-corrected chi connectivity index (χ0v) is 8.06.